The van der Waals surface area contributed by atoms with Crippen molar-refractivity contribution in [1.29, 1.82) is 0 Å². The maximum Gasteiger partial charge on any atom is 0.311 e. The highest BCUT2D eigenvalue weighted by Crippen LogP contribution is 2.38. The number of carboxylic acids is 1. The largest absolute Gasteiger partial charge is 0.481 e. The van der Waals surface area contributed by atoms with Crippen molar-refractivity contribution in [3.8, 4) is 0 Å². The molecule has 47 heavy (non-hydrogen) atoms. The fraction of sp³-hybridized carbons (Fsp3) is 0.432. The van der Waals surface area contributed by atoms with E-state index in [0.717, 1.165) is 27.9 Å². The van der Waals surface area contributed by atoms with Crippen LogP contribution in [0.2, 0.25) is 5.04 Å². The highest BCUT2D eigenvalue weighted by atomic mass is 28.4. The molecule has 252 valence electrons. The van der Waals surface area contributed by atoms with Crippen molar-refractivity contribution < 1.29 is 38.2 Å². The first-order chi connectivity index (χ1) is 22.5. The van der Waals surface area contributed by atoms with Gasteiger partial charge < -0.3 is 19.0 Å². The van der Waals surface area contributed by atoms with Gasteiger partial charge in [0.25, 0.3) is 8.32 Å². The first-order valence-electron chi connectivity index (χ1n) is 16.3. The van der Waals surface area contributed by atoms with Gasteiger partial charge in [0, 0.05) is 12.8 Å². The van der Waals surface area contributed by atoms with Crippen LogP contribution in [0.1, 0.15) is 70.9 Å². The second-order valence-electron chi connectivity index (χ2n) is 13.0. The quantitative estimate of drug-likeness (QED) is 0.113. The van der Waals surface area contributed by atoms with Gasteiger partial charge in [-0.05, 0) is 39.4 Å². The van der Waals surface area contributed by atoms with Crippen LogP contribution in [0.15, 0.2) is 84.9 Å². The van der Waals surface area contributed by atoms with Crippen LogP contribution in [0.3, 0.4) is 0 Å². The highest BCUT2D eigenvalue weighted by molar-refractivity contribution is 6.99. The van der Waals surface area contributed by atoms with E-state index in [1.54, 1.807) is 0 Å². The third-order valence-electron chi connectivity index (χ3n) is 8.54. The monoisotopic (exact) mass is 661 g/mol. The lowest BCUT2D eigenvalue weighted by Gasteiger charge is -2.43. The van der Waals surface area contributed by atoms with Crippen LogP contribution in [0.4, 0.5) is 0 Å². The minimum Gasteiger partial charge on any atom is -0.481 e. The summed E-state index contributed by atoms with van der Waals surface area (Å²) in [4.78, 5) is 41.5. The summed E-state index contributed by atoms with van der Waals surface area (Å²) in [5.41, 5.74) is 4.87. The Hall–Kier alpha value is -3.83. The fourth-order valence-corrected chi connectivity index (χ4v) is 10.7. The molecule has 1 fully saturated rings. The van der Waals surface area contributed by atoms with E-state index in [1.165, 1.54) is 0 Å². The number of hydrogen-bond acceptors (Lipinski definition) is 8. The van der Waals surface area contributed by atoms with Gasteiger partial charge in [0.1, 0.15) is 12.7 Å². The molecule has 0 aliphatic carbocycles. The van der Waals surface area contributed by atoms with Gasteiger partial charge in [-0.1, -0.05) is 119 Å². The summed E-state index contributed by atoms with van der Waals surface area (Å²) in [6.45, 7) is 9.29. The van der Waals surface area contributed by atoms with Crippen molar-refractivity contribution >= 4 is 36.6 Å². The van der Waals surface area contributed by atoms with Crippen LogP contribution in [0, 0.1) is 5.92 Å². The lowest BCUT2D eigenvalue weighted by Crippen LogP contribution is -2.67. The van der Waals surface area contributed by atoms with E-state index >= 15 is 0 Å². The molecule has 0 aromatic heterocycles. The van der Waals surface area contributed by atoms with E-state index in [1.807, 2.05) is 67.6 Å². The van der Waals surface area contributed by atoms with E-state index < -0.39 is 26.4 Å². The third-order valence-corrected chi connectivity index (χ3v) is 13.5. The summed E-state index contributed by atoms with van der Waals surface area (Å²) in [6, 6.07) is 27.9. The Kier molecular flexibility index (Phi) is 12.9. The molecule has 10 heteroatoms. The summed E-state index contributed by atoms with van der Waals surface area (Å²) in [6.07, 6.45) is 1.21. The maximum atomic E-state index is 13.1. The molecule has 1 heterocycles. The average molecular weight is 662 g/mol. The van der Waals surface area contributed by atoms with Gasteiger partial charge in [0.05, 0.1) is 25.2 Å². The van der Waals surface area contributed by atoms with E-state index in [2.05, 4.69) is 50.5 Å². The molecule has 9 nitrogen and oxygen atoms in total. The minimum absolute atomic E-state index is 0.0628. The molecule has 3 aromatic carbocycles. The van der Waals surface area contributed by atoms with Crippen molar-refractivity contribution in [3.05, 3.63) is 96.1 Å². The Labute approximate surface area is 278 Å². The van der Waals surface area contributed by atoms with Crippen molar-refractivity contribution in [2.75, 3.05) is 6.61 Å². The van der Waals surface area contributed by atoms with Crippen molar-refractivity contribution in [2.24, 2.45) is 5.92 Å². The maximum absolute atomic E-state index is 13.1. The number of rotatable bonds is 17. The average Bonchev–Trinajstić information content (AvgIpc) is 3.34. The topological polar surface area (TPSA) is 120 Å². The predicted molar refractivity (Wildman–Crippen MR) is 181 cm³/mol. The predicted octanol–water partition coefficient (Wildman–Crippen LogP) is 5.29. The number of ether oxygens (including phenoxy) is 2. The van der Waals surface area contributed by atoms with E-state index in [0.29, 0.717) is 6.42 Å². The molecular weight excluding hydrogens is 614 g/mol. The zero-order chi connectivity index (χ0) is 33.9. The molecule has 0 amide bonds. The van der Waals surface area contributed by atoms with Gasteiger partial charge in [-0.25, -0.2) is 0 Å². The number of nitrogens with one attached hydrogen (secondary N) is 1. The normalized spacial score (nSPS) is 18.1. The number of hydroxylamine groups is 1. The molecule has 1 aliphatic rings. The smallest absolute Gasteiger partial charge is 0.311 e. The number of cyclic esters (lactones) is 1. The minimum atomic E-state index is -2.84. The number of carboxylic acid groups (broad SMARTS) is 1. The highest BCUT2D eigenvalue weighted by Gasteiger charge is 2.52. The second kappa shape index (κ2) is 16.8. The van der Waals surface area contributed by atoms with Crippen LogP contribution in [0.25, 0.3) is 0 Å². The van der Waals surface area contributed by atoms with Crippen LogP contribution in [-0.2, 0) is 46.3 Å². The van der Waals surface area contributed by atoms with Crippen LogP contribution in [-0.4, -0.2) is 50.1 Å². The fourth-order valence-electron chi connectivity index (χ4n) is 6.16. The zero-order valence-electron chi connectivity index (χ0n) is 27.8. The molecule has 0 saturated carbocycles. The number of carbonyl (C=O) groups is 3. The van der Waals surface area contributed by atoms with Gasteiger partial charge in [-0.3, -0.25) is 19.2 Å². The van der Waals surface area contributed by atoms with E-state index in [4.69, 9.17) is 23.8 Å². The zero-order valence-corrected chi connectivity index (χ0v) is 28.8. The number of carbonyl (C=O) groups excluding carboxylic acids is 2. The summed E-state index contributed by atoms with van der Waals surface area (Å²) in [5, 5.41) is 10.8. The summed E-state index contributed by atoms with van der Waals surface area (Å²) < 4.78 is 18.3. The molecule has 4 rings (SSSR count). The van der Waals surface area contributed by atoms with Gasteiger partial charge in [-0.15, -0.1) is 0 Å². The summed E-state index contributed by atoms with van der Waals surface area (Å²) in [5.74, 6) is -1.96. The van der Waals surface area contributed by atoms with Crippen molar-refractivity contribution in [1.82, 2.24) is 5.48 Å². The van der Waals surface area contributed by atoms with Crippen molar-refractivity contribution in [3.63, 3.8) is 0 Å². The third kappa shape index (κ3) is 9.38. The first-order valence-corrected chi connectivity index (χ1v) is 18.2. The Balaban J connectivity index is 1.42. The molecule has 0 spiro atoms. The van der Waals surface area contributed by atoms with Gasteiger partial charge in [0.2, 0.25) is 0 Å². The van der Waals surface area contributed by atoms with Crippen LogP contribution in [0.5, 0.6) is 0 Å². The van der Waals surface area contributed by atoms with Crippen LogP contribution < -0.4 is 15.9 Å². The molecule has 0 radical (unpaired) electrons. The van der Waals surface area contributed by atoms with Crippen molar-refractivity contribution in [2.45, 2.75) is 90.2 Å². The van der Waals surface area contributed by atoms with Crippen LogP contribution >= 0.6 is 0 Å². The van der Waals surface area contributed by atoms with E-state index in [9.17, 15) is 14.4 Å². The van der Waals surface area contributed by atoms with Gasteiger partial charge in [0.15, 0.2) is 0 Å². The lowest BCUT2D eigenvalue weighted by atomic mass is 9.95. The summed E-state index contributed by atoms with van der Waals surface area (Å²) in [7, 11) is -2.84. The van der Waals surface area contributed by atoms with Gasteiger partial charge in [-0.2, -0.15) is 5.48 Å². The Bertz CT molecular complexity index is 1400. The number of hydrogen-bond donors (Lipinski definition) is 2. The molecule has 1 aliphatic heterocycles. The molecule has 3 aromatic rings. The number of aliphatic carboxylic acids is 1. The molecule has 0 bridgehead atoms. The van der Waals surface area contributed by atoms with Gasteiger partial charge >= 0.3 is 17.9 Å². The summed E-state index contributed by atoms with van der Waals surface area (Å²) >= 11 is 0. The molecule has 1 saturated heterocycles. The number of benzene rings is 3. The SMILES string of the molecule is CCC[C@@H]1C(=O)O[C@H](CO[Si](c2ccccc2)(c2ccccc2)C(C)(C)C)[C@H]1NOCc1ccc(COC(=O)CCCC(=O)O)cc1. The lowest BCUT2D eigenvalue weighted by molar-refractivity contribution is -0.146. The molecule has 2 N–H and O–H groups in total. The first kappa shape index (κ1) is 36.0. The molecular formula is C37H47NO8Si. The number of esters is 2. The Morgan fingerprint density at radius 1 is 0.872 bits per heavy atom. The Morgan fingerprint density at radius 3 is 1.98 bits per heavy atom. The molecule has 3 atom stereocenters. The molecule has 0 unspecified atom stereocenters. The standard InChI is InChI=1S/C37H47NO8Si/c1-5-13-31-35(38-44-25-28-22-20-27(21-23-28)24-43-34(41)19-12-18-33(39)40)32(46-36(31)42)26-45-47(37(2,3)4,29-14-8-6-9-15-29)30-16-10-7-11-17-30/h6-11,14-17,20-23,31-32,35,38H,5,12-13,18-19,24-26H2,1-4H3,(H,39,40)/t31-,32+,35-/m0/s1. The van der Waals surface area contributed by atoms with E-state index in [-0.39, 0.29) is 62.1 Å². The second-order valence-corrected chi connectivity index (χ2v) is 17.3. The Morgan fingerprint density at radius 2 is 1.45 bits per heavy atom.